The molecule has 1 aromatic carbocycles. The van der Waals surface area contributed by atoms with E-state index < -0.39 is 21.8 Å². The molecule has 154 valence electrons. The fraction of sp³-hybridized carbons (Fsp3) is 0.474. The largest absolute Gasteiger partial charge is 0.444 e. The van der Waals surface area contributed by atoms with E-state index in [0.29, 0.717) is 12.8 Å². The van der Waals surface area contributed by atoms with Crippen molar-refractivity contribution < 1.29 is 22.1 Å². The van der Waals surface area contributed by atoms with Gasteiger partial charge in [-0.05, 0) is 44.7 Å². The van der Waals surface area contributed by atoms with Gasteiger partial charge in [0.1, 0.15) is 5.60 Å². The van der Waals surface area contributed by atoms with E-state index in [1.54, 1.807) is 43.8 Å². The summed E-state index contributed by atoms with van der Waals surface area (Å²) in [5.74, 6) is 0. The molecule has 1 amide bonds. The van der Waals surface area contributed by atoms with E-state index in [1.165, 1.54) is 0 Å². The third-order valence-corrected chi connectivity index (χ3v) is 5.07. The van der Waals surface area contributed by atoms with Gasteiger partial charge in [0.05, 0.1) is 29.3 Å². The van der Waals surface area contributed by atoms with Gasteiger partial charge < -0.3 is 10.1 Å². The van der Waals surface area contributed by atoms with Gasteiger partial charge in [-0.15, -0.1) is 11.3 Å². The number of amides is 1. The molecule has 2 rings (SSSR count). The first kappa shape index (κ1) is 22.3. The van der Waals surface area contributed by atoms with Crippen molar-refractivity contribution in [2.24, 2.45) is 0 Å². The quantitative estimate of drug-likeness (QED) is 0.504. The van der Waals surface area contributed by atoms with Gasteiger partial charge in [0.15, 0.2) is 0 Å². The average Bonchev–Trinajstić information content (AvgIpc) is 3.10. The van der Waals surface area contributed by atoms with Gasteiger partial charge in [-0.25, -0.2) is 4.79 Å². The Hall–Kier alpha value is -1.97. The summed E-state index contributed by atoms with van der Waals surface area (Å²) in [4.78, 5) is 17.4. The lowest BCUT2D eigenvalue weighted by atomic mass is 10.0. The molecule has 0 aliphatic carbocycles. The van der Waals surface area contributed by atoms with Gasteiger partial charge in [0.2, 0.25) is 0 Å². The summed E-state index contributed by atoms with van der Waals surface area (Å²) in [6.07, 6.45) is 3.27. The van der Waals surface area contributed by atoms with Crippen LogP contribution in [0.1, 0.15) is 45.2 Å². The molecule has 0 unspecified atom stereocenters. The van der Waals surface area contributed by atoms with Crippen LogP contribution in [-0.2, 0) is 19.0 Å². The van der Waals surface area contributed by atoms with Gasteiger partial charge in [-0.1, -0.05) is 24.3 Å². The first-order chi connectivity index (χ1) is 13.0. The van der Waals surface area contributed by atoms with Crippen molar-refractivity contribution in [2.75, 3.05) is 12.9 Å². The first-order valence-corrected chi connectivity index (χ1v) is 11.6. The van der Waals surface area contributed by atoms with Crippen molar-refractivity contribution in [1.82, 2.24) is 10.3 Å². The summed E-state index contributed by atoms with van der Waals surface area (Å²) >= 11 is 1.55. The van der Waals surface area contributed by atoms with Crippen LogP contribution in [-0.4, -0.2) is 38.0 Å². The fourth-order valence-electron chi connectivity index (χ4n) is 2.51. The molecule has 1 aromatic heterocycles. The van der Waals surface area contributed by atoms with Gasteiger partial charge in [-0.3, -0.25) is 9.17 Å². The van der Waals surface area contributed by atoms with E-state index >= 15 is 0 Å². The smallest absolute Gasteiger partial charge is 0.408 e. The number of nitrogens with zero attached hydrogens (tertiary/aromatic N) is 1. The molecule has 0 saturated heterocycles. The van der Waals surface area contributed by atoms with Crippen LogP contribution in [0.3, 0.4) is 0 Å². The highest BCUT2D eigenvalue weighted by molar-refractivity contribution is 7.85. The van der Waals surface area contributed by atoms with E-state index in [-0.39, 0.29) is 12.6 Å². The zero-order valence-corrected chi connectivity index (χ0v) is 18.1. The Morgan fingerprint density at radius 2 is 1.93 bits per heavy atom. The summed E-state index contributed by atoms with van der Waals surface area (Å²) in [5, 5.41) is 2.87. The van der Waals surface area contributed by atoms with E-state index in [2.05, 4.69) is 10.3 Å². The molecular formula is C19H26N2O5S2. The van der Waals surface area contributed by atoms with Gasteiger partial charge in [-0.2, -0.15) is 8.42 Å². The molecule has 0 bridgehead atoms. The minimum atomic E-state index is -3.48. The molecule has 1 heterocycles. The van der Waals surface area contributed by atoms with E-state index in [4.69, 9.17) is 8.92 Å². The minimum Gasteiger partial charge on any atom is -0.444 e. The lowest BCUT2D eigenvalue weighted by molar-refractivity contribution is 0.0499. The third-order valence-electron chi connectivity index (χ3n) is 3.66. The van der Waals surface area contributed by atoms with E-state index in [0.717, 1.165) is 22.3 Å². The summed E-state index contributed by atoms with van der Waals surface area (Å²) in [6, 6.07) is 7.50. The minimum absolute atomic E-state index is 0.0598. The second-order valence-electron chi connectivity index (χ2n) is 7.35. The fourth-order valence-corrected chi connectivity index (χ4v) is 3.56. The van der Waals surface area contributed by atoms with Crippen LogP contribution >= 0.6 is 11.3 Å². The molecule has 1 N–H and O–H groups in total. The number of hydrogen-bond donors (Lipinski definition) is 1. The van der Waals surface area contributed by atoms with Crippen molar-refractivity contribution in [3.63, 3.8) is 0 Å². The van der Waals surface area contributed by atoms with Crippen LogP contribution in [0.5, 0.6) is 0 Å². The van der Waals surface area contributed by atoms with Crippen LogP contribution in [0.25, 0.3) is 10.4 Å². The molecule has 0 spiro atoms. The number of alkyl carbamates (subject to hydrolysis) is 1. The number of ether oxygens (including phenoxy) is 1. The summed E-state index contributed by atoms with van der Waals surface area (Å²) in [6.45, 7) is 5.45. The maximum atomic E-state index is 12.2. The molecule has 0 aliphatic rings. The molecule has 9 heteroatoms. The molecule has 0 radical (unpaired) electrons. The predicted octanol–water partition coefficient (Wildman–Crippen LogP) is 4.13. The summed E-state index contributed by atoms with van der Waals surface area (Å²) in [7, 11) is -3.48. The van der Waals surface area contributed by atoms with E-state index in [9.17, 15) is 13.2 Å². The van der Waals surface area contributed by atoms with E-state index in [1.807, 2.05) is 24.3 Å². The highest BCUT2D eigenvalue weighted by atomic mass is 32.2. The third kappa shape index (κ3) is 7.95. The van der Waals surface area contributed by atoms with Crippen molar-refractivity contribution in [3.8, 4) is 10.4 Å². The number of hydrogen-bond acceptors (Lipinski definition) is 7. The second kappa shape index (κ2) is 9.49. The van der Waals surface area contributed by atoms with Crippen molar-refractivity contribution in [2.45, 2.75) is 45.3 Å². The SMILES string of the molecule is CC(C)(C)OC(=O)N[C@@H](CCCOS(C)(=O)=O)c1ccc(-c2cncs2)cc1. The van der Waals surface area contributed by atoms with Gasteiger partial charge in [0.25, 0.3) is 10.1 Å². The zero-order chi connectivity index (χ0) is 20.8. The topological polar surface area (TPSA) is 94.6 Å². The van der Waals surface area contributed by atoms with Crippen LogP contribution in [0.4, 0.5) is 4.79 Å². The van der Waals surface area contributed by atoms with Crippen LogP contribution in [0.15, 0.2) is 36.0 Å². The molecule has 0 saturated carbocycles. The summed E-state index contributed by atoms with van der Waals surface area (Å²) in [5.41, 5.74) is 3.11. The number of carbonyl (C=O) groups excluding carboxylic acids is 1. The monoisotopic (exact) mass is 426 g/mol. The summed E-state index contributed by atoms with van der Waals surface area (Å²) < 4.78 is 32.4. The zero-order valence-electron chi connectivity index (χ0n) is 16.5. The van der Waals surface area contributed by atoms with Crippen molar-refractivity contribution in [1.29, 1.82) is 0 Å². The lowest BCUT2D eigenvalue weighted by Gasteiger charge is -2.24. The number of carbonyl (C=O) groups is 1. The maximum Gasteiger partial charge on any atom is 0.408 e. The average molecular weight is 427 g/mol. The Kier molecular flexibility index (Phi) is 7.56. The van der Waals surface area contributed by atoms with Crippen molar-refractivity contribution >= 4 is 27.5 Å². The second-order valence-corrected chi connectivity index (χ2v) is 9.89. The number of thiazole rings is 1. The number of rotatable bonds is 8. The lowest BCUT2D eigenvalue weighted by Crippen LogP contribution is -2.35. The molecular weight excluding hydrogens is 400 g/mol. The van der Waals surface area contributed by atoms with Crippen LogP contribution < -0.4 is 5.32 Å². The van der Waals surface area contributed by atoms with Gasteiger partial charge >= 0.3 is 6.09 Å². The Balaban J connectivity index is 2.08. The first-order valence-electron chi connectivity index (χ1n) is 8.86. The molecule has 28 heavy (non-hydrogen) atoms. The highest BCUT2D eigenvalue weighted by Gasteiger charge is 2.21. The van der Waals surface area contributed by atoms with Crippen LogP contribution in [0.2, 0.25) is 0 Å². The Labute approximate surface area is 170 Å². The maximum absolute atomic E-state index is 12.2. The Morgan fingerprint density at radius 3 is 2.46 bits per heavy atom. The molecule has 2 aromatic rings. The molecule has 1 atom stereocenters. The molecule has 7 nitrogen and oxygen atoms in total. The van der Waals surface area contributed by atoms with Crippen molar-refractivity contribution in [3.05, 3.63) is 41.5 Å². The molecule has 0 aliphatic heterocycles. The van der Waals surface area contributed by atoms with Crippen LogP contribution in [0, 0.1) is 0 Å². The number of nitrogens with one attached hydrogen (secondary N) is 1. The highest BCUT2D eigenvalue weighted by Crippen LogP contribution is 2.26. The normalized spacial score (nSPS) is 13.1. The number of benzene rings is 1. The predicted molar refractivity (Wildman–Crippen MR) is 110 cm³/mol. The Bertz CT molecular complexity index is 857. The standard InChI is InChI=1S/C19H26N2O5S2/c1-19(2,3)26-18(22)21-16(6-5-11-25-28(4,23)24)14-7-9-15(10-8-14)17-12-20-13-27-17/h7-10,12-13,16H,5-6,11H2,1-4H3,(H,21,22)/t16-/m0/s1. The van der Waals surface area contributed by atoms with Gasteiger partial charge in [0, 0.05) is 6.20 Å². The molecule has 0 fully saturated rings. The Morgan fingerprint density at radius 1 is 1.25 bits per heavy atom. The number of aromatic nitrogens is 1.